The number of halogens is 4. The first-order valence-corrected chi connectivity index (χ1v) is 6.33. The van der Waals surface area contributed by atoms with E-state index >= 15 is 0 Å². The molecule has 1 aromatic carbocycles. The maximum Gasteiger partial charge on any atom is 0.416 e. The van der Waals surface area contributed by atoms with Gasteiger partial charge in [0.1, 0.15) is 5.38 Å². The quantitative estimate of drug-likeness (QED) is 0.607. The van der Waals surface area contributed by atoms with Crippen molar-refractivity contribution in [1.82, 2.24) is 0 Å². The van der Waals surface area contributed by atoms with Gasteiger partial charge in [0.25, 0.3) is 0 Å². The largest absolute Gasteiger partial charge is 0.416 e. The van der Waals surface area contributed by atoms with Crippen LogP contribution in [0.15, 0.2) is 23.1 Å². The number of carbonyl (C=O) groups excluding carboxylic acids is 1. The molecule has 1 rings (SSSR count). The van der Waals surface area contributed by atoms with Crippen LogP contribution in [0.2, 0.25) is 0 Å². The summed E-state index contributed by atoms with van der Waals surface area (Å²) in [5, 5.41) is -1.26. The monoisotopic (exact) mass is 282 g/mol. The summed E-state index contributed by atoms with van der Waals surface area (Å²) in [7, 11) is 0. The first-order chi connectivity index (χ1) is 7.77. The molecule has 0 aliphatic carbocycles. The first-order valence-electron chi connectivity index (χ1n) is 4.67. The predicted octanol–water partition coefficient (Wildman–Crippen LogP) is 4.30. The van der Waals surface area contributed by atoms with Crippen molar-refractivity contribution in [2.75, 3.05) is 6.26 Å². The van der Waals surface area contributed by atoms with Crippen LogP contribution in [-0.4, -0.2) is 12.0 Å². The van der Waals surface area contributed by atoms with Gasteiger partial charge in [-0.1, -0.05) is 6.07 Å². The van der Waals surface area contributed by atoms with Gasteiger partial charge in [-0.25, -0.2) is 0 Å². The first kappa shape index (κ1) is 14.4. The molecule has 0 bridgehead atoms. The smallest absolute Gasteiger partial charge is 0.298 e. The summed E-state index contributed by atoms with van der Waals surface area (Å²) in [6.07, 6.45) is -2.83. The lowest BCUT2D eigenvalue weighted by molar-refractivity contribution is -0.138. The molecule has 0 heterocycles. The summed E-state index contributed by atoms with van der Waals surface area (Å²) in [5.74, 6) is -0.505. The molecule has 0 fully saturated rings. The van der Waals surface area contributed by atoms with Gasteiger partial charge < -0.3 is 0 Å². The number of hydrogen-bond acceptors (Lipinski definition) is 2. The molecule has 0 aliphatic heterocycles. The lowest BCUT2D eigenvalue weighted by Crippen LogP contribution is -2.13. The fraction of sp³-hybridized carbons (Fsp3) is 0.364. The van der Waals surface area contributed by atoms with Gasteiger partial charge in [0.2, 0.25) is 0 Å². The van der Waals surface area contributed by atoms with Crippen molar-refractivity contribution >= 4 is 29.1 Å². The summed E-state index contributed by atoms with van der Waals surface area (Å²) in [6.45, 7) is 1.17. The predicted molar refractivity (Wildman–Crippen MR) is 62.5 cm³/mol. The lowest BCUT2D eigenvalue weighted by Gasteiger charge is -2.16. The van der Waals surface area contributed by atoms with Crippen LogP contribution in [-0.2, 0) is 11.0 Å². The number of Topliss-reactive ketones (excluding diaryl/α,β-unsaturated/α-hetero) is 1. The maximum absolute atomic E-state index is 12.8. The lowest BCUT2D eigenvalue weighted by atomic mass is 10.0. The second-order valence-corrected chi connectivity index (χ2v) is 4.74. The zero-order chi connectivity index (χ0) is 13.2. The van der Waals surface area contributed by atoms with Crippen LogP contribution in [0.4, 0.5) is 13.2 Å². The Morgan fingerprint density at radius 3 is 2.41 bits per heavy atom. The van der Waals surface area contributed by atoms with Gasteiger partial charge in [-0.05, 0) is 30.9 Å². The Hall–Kier alpha value is -0.680. The highest BCUT2D eigenvalue weighted by Crippen LogP contribution is 2.38. The van der Waals surface area contributed by atoms with Crippen LogP contribution in [0.5, 0.6) is 0 Å². The fourth-order valence-electron chi connectivity index (χ4n) is 1.35. The van der Waals surface area contributed by atoms with Crippen LogP contribution >= 0.6 is 23.4 Å². The van der Waals surface area contributed by atoms with Crippen molar-refractivity contribution in [3.05, 3.63) is 29.3 Å². The van der Waals surface area contributed by atoms with Crippen LogP contribution < -0.4 is 0 Å². The third-order valence-corrected chi connectivity index (χ3v) is 3.46. The van der Waals surface area contributed by atoms with Gasteiger partial charge in [0, 0.05) is 4.90 Å². The molecule has 6 heteroatoms. The molecule has 1 unspecified atom stereocenters. The van der Waals surface area contributed by atoms with E-state index in [1.165, 1.54) is 30.8 Å². The van der Waals surface area contributed by atoms with Crippen LogP contribution in [0.3, 0.4) is 0 Å². The SMILES string of the molecule is CSc1ccc(C(Cl)C(C)=O)c(C(F)(F)F)c1. The van der Waals surface area contributed by atoms with E-state index in [1.807, 2.05) is 0 Å². The molecule has 0 saturated carbocycles. The zero-order valence-corrected chi connectivity index (χ0v) is 10.7. The molecule has 94 valence electrons. The van der Waals surface area contributed by atoms with E-state index in [0.717, 1.165) is 6.07 Å². The molecule has 0 spiro atoms. The van der Waals surface area contributed by atoms with Crippen LogP contribution in [0.1, 0.15) is 23.4 Å². The third-order valence-electron chi connectivity index (χ3n) is 2.20. The van der Waals surface area contributed by atoms with Crippen molar-refractivity contribution in [3.63, 3.8) is 0 Å². The van der Waals surface area contributed by atoms with Crippen molar-refractivity contribution in [2.24, 2.45) is 0 Å². The Morgan fingerprint density at radius 2 is 2.00 bits per heavy atom. The molecule has 1 aromatic rings. The van der Waals surface area contributed by atoms with E-state index in [-0.39, 0.29) is 5.56 Å². The molecule has 0 amide bonds. The van der Waals surface area contributed by atoms with Crippen LogP contribution in [0, 0.1) is 0 Å². The molecule has 0 aromatic heterocycles. The van der Waals surface area contributed by atoms with E-state index in [0.29, 0.717) is 4.90 Å². The molecular weight excluding hydrogens is 273 g/mol. The highest BCUT2D eigenvalue weighted by Gasteiger charge is 2.36. The minimum Gasteiger partial charge on any atom is -0.298 e. The molecule has 17 heavy (non-hydrogen) atoms. The Labute approximate surface area is 106 Å². The minimum absolute atomic E-state index is 0.190. The number of carbonyl (C=O) groups is 1. The normalized spacial score (nSPS) is 13.5. The van der Waals surface area contributed by atoms with Crippen molar-refractivity contribution in [2.45, 2.75) is 23.4 Å². The Kier molecular flexibility index (Phi) is 4.49. The molecule has 0 radical (unpaired) electrons. The third kappa shape index (κ3) is 3.39. The van der Waals surface area contributed by atoms with E-state index in [2.05, 4.69) is 0 Å². The van der Waals surface area contributed by atoms with Crippen molar-refractivity contribution in [1.29, 1.82) is 0 Å². The van der Waals surface area contributed by atoms with Gasteiger partial charge in [-0.2, -0.15) is 13.2 Å². The molecule has 0 aliphatic rings. The van der Waals surface area contributed by atoms with Crippen molar-refractivity contribution < 1.29 is 18.0 Å². The van der Waals surface area contributed by atoms with E-state index in [4.69, 9.17) is 11.6 Å². The standard InChI is InChI=1S/C11H10ClF3OS/c1-6(16)10(12)8-4-3-7(17-2)5-9(8)11(13,14)15/h3-5,10H,1-2H3. The second kappa shape index (κ2) is 5.31. The number of alkyl halides is 4. The Balaban J connectivity index is 3.35. The topological polar surface area (TPSA) is 17.1 Å². The summed E-state index contributed by atoms with van der Waals surface area (Å²) < 4.78 is 38.4. The summed E-state index contributed by atoms with van der Waals surface area (Å²) in [4.78, 5) is 11.6. The van der Waals surface area contributed by atoms with Gasteiger partial charge in [-0.3, -0.25) is 4.79 Å². The number of thioether (sulfide) groups is 1. The Bertz CT molecular complexity index is 431. The molecule has 0 saturated heterocycles. The zero-order valence-electron chi connectivity index (χ0n) is 9.14. The molecule has 0 N–H and O–H groups in total. The van der Waals surface area contributed by atoms with E-state index < -0.39 is 22.9 Å². The Morgan fingerprint density at radius 1 is 1.41 bits per heavy atom. The number of hydrogen-bond donors (Lipinski definition) is 0. The number of rotatable bonds is 3. The highest BCUT2D eigenvalue weighted by atomic mass is 35.5. The molecule has 1 nitrogen and oxygen atoms in total. The maximum atomic E-state index is 12.8. The van der Waals surface area contributed by atoms with Crippen LogP contribution in [0.25, 0.3) is 0 Å². The van der Waals surface area contributed by atoms with Gasteiger partial charge in [0.15, 0.2) is 5.78 Å². The summed E-state index contributed by atoms with van der Waals surface area (Å²) >= 11 is 6.89. The average Bonchev–Trinajstić information content (AvgIpc) is 2.26. The number of benzene rings is 1. The highest BCUT2D eigenvalue weighted by molar-refractivity contribution is 7.98. The fourth-order valence-corrected chi connectivity index (χ4v) is 1.98. The number of ketones is 1. The average molecular weight is 283 g/mol. The summed E-state index contributed by atoms with van der Waals surface area (Å²) in [5.41, 5.74) is -1.04. The molecular formula is C11H10ClF3OS. The summed E-state index contributed by atoms with van der Waals surface area (Å²) in [6, 6.07) is 3.79. The van der Waals surface area contributed by atoms with Gasteiger partial charge in [0.05, 0.1) is 5.56 Å². The minimum atomic E-state index is -4.51. The van der Waals surface area contributed by atoms with E-state index in [9.17, 15) is 18.0 Å². The van der Waals surface area contributed by atoms with E-state index in [1.54, 1.807) is 6.26 Å². The second-order valence-electron chi connectivity index (χ2n) is 3.42. The van der Waals surface area contributed by atoms with Crippen molar-refractivity contribution in [3.8, 4) is 0 Å². The van der Waals surface area contributed by atoms with Gasteiger partial charge in [-0.15, -0.1) is 23.4 Å². The van der Waals surface area contributed by atoms with Gasteiger partial charge >= 0.3 is 6.18 Å². The molecule has 1 atom stereocenters.